The standard InChI is InChI=1S/C19H30N2O2/c1-3-8-17-9-10-19(23)18(15-17)21(16(2)22)14-13-20-11-6-4-5-7-12-20/h9-10,15,23H,3-8,11-14H2,1-2H3. The van der Waals surface area contributed by atoms with E-state index < -0.39 is 0 Å². The van der Waals surface area contributed by atoms with Crippen molar-refractivity contribution in [3.05, 3.63) is 23.8 Å². The molecule has 0 atom stereocenters. The maximum absolute atomic E-state index is 12.1. The molecule has 1 aliphatic heterocycles. The van der Waals surface area contributed by atoms with Crippen LogP contribution in [-0.4, -0.2) is 42.1 Å². The quantitative estimate of drug-likeness (QED) is 0.872. The molecule has 4 heteroatoms. The van der Waals surface area contributed by atoms with Crippen LogP contribution in [0.3, 0.4) is 0 Å². The Morgan fingerprint density at radius 3 is 2.52 bits per heavy atom. The summed E-state index contributed by atoms with van der Waals surface area (Å²) in [6, 6.07) is 5.61. The number of hydrogen-bond donors (Lipinski definition) is 1. The number of hydrogen-bond acceptors (Lipinski definition) is 3. The van der Waals surface area contributed by atoms with Gasteiger partial charge in [-0.2, -0.15) is 0 Å². The van der Waals surface area contributed by atoms with E-state index in [4.69, 9.17) is 0 Å². The predicted octanol–water partition coefficient (Wildman–Crippen LogP) is 3.57. The maximum Gasteiger partial charge on any atom is 0.224 e. The van der Waals surface area contributed by atoms with Crippen molar-refractivity contribution in [3.63, 3.8) is 0 Å². The molecule has 1 heterocycles. The van der Waals surface area contributed by atoms with Crippen molar-refractivity contribution in [2.24, 2.45) is 0 Å². The van der Waals surface area contributed by atoms with Gasteiger partial charge in [0, 0.05) is 20.0 Å². The summed E-state index contributed by atoms with van der Waals surface area (Å²) in [4.78, 5) is 16.3. The first kappa shape index (κ1) is 17.8. The number of nitrogens with zero attached hydrogens (tertiary/aromatic N) is 2. The van der Waals surface area contributed by atoms with Crippen molar-refractivity contribution in [1.29, 1.82) is 0 Å². The Bertz CT molecular complexity index is 508. The molecule has 4 nitrogen and oxygen atoms in total. The Balaban J connectivity index is 2.08. The summed E-state index contributed by atoms with van der Waals surface area (Å²) in [5, 5.41) is 10.2. The van der Waals surface area contributed by atoms with E-state index in [1.165, 1.54) is 31.2 Å². The average molecular weight is 318 g/mol. The van der Waals surface area contributed by atoms with Crippen LogP contribution in [0.15, 0.2) is 18.2 Å². The minimum Gasteiger partial charge on any atom is -0.506 e. The molecule has 128 valence electrons. The van der Waals surface area contributed by atoms with Crippen LogP contribution in [0.5, 0.6) is 5.75 Å². The van der Waals surface area contributed by atoms with Gasteiger partial charge in [0.25, 0.3) is 0 Å². The number of benzene rings is 1. The van der Waals surface area contributed by atoms with Crippen molar-refractivity contribution in [1.82, 2.24) is 4.90 Å². The summed E-state index contributed by atoms with van der Waals surface area (Å²) >= 11 is 0. The Hall–Kier alpha value is -1.55. The molecule has 0 aromatic heterocycles. The predicted molar refractivity (Wildman–Crippen MR) is 95.0 cm³/mol. The van der Waals surface area contributed by atoms with E-state index >= 15 is 0 Å². The molecule has 1 amide bonds. The number of phenolic OH excluding ortho intramolecular Hbond substituents is 1. The average Bonchev–Trinajstić information content (AvgIpc) is 2.79. The van der Waals surface area contributed by atoms with Gasteiger partial charge in [-0.05, 0) is 50.0 Å². The Kier molecular flexibility index (Phi) is 6.90. The molecule has 0 bridgehead atoms. The lowest BCUT2D eigenvalue weighted by Crippen LogP contribution is -2.38. The van der Waals surface area contributed by atoms with Crippen molar-refractivity contribution >= 4 is 11.6 Å². The van der Waals surface area contributed by atoms with Gasteiger partial charge >= 0.3 is 0 Å². The second-order valence-corrected chi connectivity index (χ2v) is 6.50. The first-order valence-corrected chi connectivity index (χ1v) is 8.94. The smallest absolute Gasteiger partial charge is 0.224 e. The van der Waals surface area contributed by atoms with Crippen LogP contribution in [-0.2, 0) is 11.2 Å². The van der Waals surface area contributed by atoms with Gasteiger partial charge in [0.2, 0.25) is 5.91 Å². The van der Waals surface area contributed by atoms with Crippen LogP contribution >= 0.6 is 0 Å². The van der Waals surface area contributed by atoms with E-state index in [0.29, 0.717) is 12.2 Å². The van der Waals surface area contributed by atoms with Crippen LogP contribution in [0, 0.1) is 0 Å². The zero-order chi connectivity index (χ0) is 16.7. The Morgan fingerprint density at radius 1 is 1.22 bits per heavy atom. The largest absolute Gasteiger partial charge is 0.506 e. The highest BCUT2D eigenvalue weighted by Gasteiger charge is 2.18. The fraction of sp³-hybridized carbons (Fsp3) is 0.632. The van der Waals surface area contributed by atoms with Gasteiger partial charge in [-0.1, -0.05) is 32.3 Å². The normalized spacial score (nSPS) is 16.1. The molecular formula is C19H30N2O2. The number of amides is 1. The zero-order valence-electron chi connectivity index (χ0n) is 14.6. The van der Waals surface area contributed by atoms with Gasteiger partial charge in [-0.15, -0.1) is 0 Å². The fourth-order valence-electron chi connectivity index (χ4n) is 3.28. The third-order valence-corrected chi connectivity index (χ3v) is 4.59. The number of carbonyl (C=O) groups excluding carboxylic acids is 1. The summed E-state index contributed by atoms with van der Waals surface area (Å²) in [5.41, 5.74) is 1.82. The van der Waals surface area contributed by atoms with E-state index in [0.717, 1.165) is 32.5 Å². The van der Waals surface area contributed by atoms with Gasteiger partial charge in [-0.25, -0.2) is 0 Å². The molecule has 2 rings (SSSR count). The minimum atomic E-state index is -0.0104. The molecule has 0 saturated carbocycles. The minimum absolute atomic E-state index is 0.0104. The lowest BCUT2D eigenvalue weighted by molar-refractivity contribution is -0.116. The number of likely N-dealkylation sites (tertiary alicyclic amines) is 1. The van der Waals surface area contributed by atoms with Gasteiger partial charge in [-0.3, -0.25) is 4.79 Å². The third-order valence-electron chi connectivity index (χ3n) is 4.59. The summed E-state index contributed by atoms with van der Waals surface area (Å²) in [5.74, 6) is 0.180. The number of carbonyl (C=O) groups is 1. The van der Waals surface area contributed by atoms with E-state index in [1.807, 2.05) is 12.1 Å². The van der Waals surface area contributed by atoms with E-state index in [2.05, 4.69) is 11.8 Å². The SMILES string of the molecule is CCCc1ccc(O)c(N(CCN2CCCCCC2)C(C)=O)c1. The van der Waals surface area contributed by atoms with Crippen molar-refractivity contribution in [2.45, 2.75) is 52.4 Å². The molecule has 1 aromatic carbocycles. The summed E-state index contributed by atoms with van der Waals surface area (Å²) in [6.07, 6.45) is 7.14. The van der Waals surface area contributed by atoms with Crippen LogP contribution in [0.1, 0.15) is 51.5 Å². The van der Waals surface area contributed by atoms with Crippen LogP contribution in [0.4, 0.5) is 5.69 Å². The molecule has 1 saturated heterocycles. The summed E-state index contributed by atoms with van der Waals surface area (Å²) in [6.45, 7) is 7.46. The lowest BCUT2D eigenvalue weighted by Gasteiger charge is -2.27. The van der Waals surface area contributed by atoms with E-state index in [9.17, 15) is 9.90 Å². The monoisotopic (exact) mass is 318 g/mol. The third kappa shape index (κ3) is 5.24. The van der Waals surface area contributed by atoms with Crippen LogP contribution < -0.4 is 4.90 Å². The molecule has 1 aliphatic rings. The molecule has 0 spiro atoms. The second-order valence-electron chi connectivity index (χ2n) is 6.50. The zero-order valence-corrected chi connectivity index (χ0v) is 14.6. The topological polar surface area (TPSA) is 43.8 Å². The number of aromatic hydroxyl groups is 1. The highest BCUT2D eigenvalue weighted by Crippen LogP contribution is 2.29. The molecule has 1 fully saturated rings. The molecular weight excluding hydrogens is 288 g/mol. The highest BCUT2D eigenvalue weighted by atomic mass is 16.3. The van der Waals surface area contributed by atoms with Crippen molar-refractivity contribution in [2.75, 3.05) is 31.1 Å². The number of phenols is 1. The van der Waals surface area contributed by atoms with Crippen LogP contribution in [0.25, 0.3) is 0 Å². The van der Waals surface area contributed by atoms with E-state index in [1.54, 1.807) is 17.9 Å². The number of rotatable bonds is 6. The molecule has 1 N–H and O–H groups in total. The van der Waals surface area contributed by atoms with Gasteiger partial charge < -0.3 is 14.9 Å². The fourth-order valence-corrected chi connectivity index (χ4v) is 3.28. The first-order chi connectivity index (χ1) is 11.1. The van der Waals surface area contributed by atoms with Crippen molar-refractivity contribution < 1.29 is 9.90 Å². The molecule has 0 unspecified atom stereocenters. The molecule has 23 heavy (non-hydrogen) atoms. The van der Waals surface area contributed by atoms with Gasteiger partial charge in [0.05, 0.1) is 5.69 Å². The van der Waals surface area contributed by atoms with Gasteiger partial charge in [0.1, 0.15) is 5.75 Å². The lowest BCUT2D eigenvalue weighted by atomic mass is 10.1. The van der Waals surface area contributed by atoms with Crippen molar-refractivity contribution in [3.8, 4) is 5.75 Å². The van der Waals surface area contributed by atoms with Gasteiger partial charge in [0.15, 0.2) is 0 Å². The highest BCUT2D eigenvalue weighted by molar-refractivity contribution is 5.93. The first-order valence-electron chi connectivity index (χ1n) is 8.94. The molecule has 0 radical (unpaired) electrons. The Labute approximate surface area is 140 Å². The number of aryl methyl sites for hydroxylation is 1. The molecule has 0 aliphatic carbocycles. The summed E-state index contributed by atoms with van der Waals surface area (Å²) in [7, 11) is 0. The van der Waals surface area contributed by atoms with E-state index in [-0.39, 0.29) is 11.7 Å². The molecule has 1 aromatic rings. The maximum atomic E-state index is 12.1. The second kappa shape index (κ2) is 8.92. The van der Waals surface area contributed by atoms with Crippen LogP contribution in [0.2, 0.25) is 0 Å². The number of anilines is 1. The Morgan fingerprint density at radius 2 is 1.91 bits per heavy atom. The summed E-state index contributed by atoms with van der Waals surface area (Å²) < 4.78 is 0.